The van der Waals surface area contributed by atoms with Crippen LogP contribution in [0.3, 0.4) is 0 Å². The summed E-state index contributed by atoms with van der Waals surface area (Å²) in [6, 6.07) is 0. The molecule has 0 heterocycles. The standard InChI is InChI=1S/C2H4O2.Na/c1-2(3)4;/h1H3,(H,3,4);/q;+1/p-1/i1+1;. The van der Waals surface area contributed by atoms with E-state index >= 15 is 0 Å². The van der Waals surface area contributed by atoms with E-state index in [0.29, 0.717) is 0 Å². The molecule has 24 valence electrons. The van der Waals surface area contributed by atoms with Crippen LogP contribution in [0.4, 0.5) is 0 Å². The van der Waals surface area contributed by atoms with E-state index in [4.69, 9.17) is 9.90 Å². The summed E-state index contributed by atoms with van der Waals surface area (Å²) in [5, 5.41) is 8.89. The summed E-state index contributed by atoms with van der Waals surface area (Å²) < 4.78 is 0. The normalized spacial score (nSPS) is 5.00. The van der Waals surface area contributed by atoms with Gasteiger partial charge in [-0.3, -0.25) is 0 Å². The van der Waals surface area contributed by atoms with Crippen LogP contribution in [-0.4, -0.2) is 5.97 Å². The molecule has 0 aliphatic rings. The fourth-order valence-corrected chi connectivity index (χ4v) is 0. The van der Waals surface area contributed by atoms with Crippen LogP contribution in [0.25, 0.3) is 0 Å². The van der Waals surface area contributed by atoms with E-state index in [1.807, 2.05) is 0 Å². The van der Waals surface area contributed by atoms with Gasteiger partial charge in [0.25, 0.3) is 0 Å². The van der Waals surface area contributed by atoms with E-state index < -0.39 is 5.97 Å². The molecular formula is C2H3NaO2. The minimum absolute atomic E-state index is 0. The Labute approximate surface area is 52.5 Å². The molecular weight excluding hydrogens is 80.0 g/mol. The van der Waals surface area contributed by atoms with Crippen molar-refractivity contribution in [3.63, 3.8) is 0 Å². The number of hydrogen-bond acceptors (Lipinski definition) is 2. The van der Waals surface area contributed by atoms with E-state index in [2.05, 4.69) is 0 Å². The molecule has 0 bridgehead atoms. The van der Waals surface area contributed by atoms with E-state index in [1.165, 1.54) is 0 Å². The number of carboxylic acids is 1. The molecule has 2 nitrogen and oxygen atoms in total. The van der Waals surface area contributed by atoms with E-state index in [1.54, 1.807) is 0 Å². The largest absolute Gasteiger partial charge is 1.00 e. The molecule has 0 aliphatic carbocycles. The van der Waals surface area contributed by atoms with Gasteiger partial charge in [0.15, 0.2) is 0 Å². The Morgan fingerprint density at radius 3 is 1.80 bits per heavy atom. The van der Waals surface area contributed by atoms with Crippen LogP contribution in [-0.2, 0) is 4.79 Å². The molecule has 0 aromatic carbocycles. The van der Waals surface area contributed by atoms with E-state index in [0.717, 1.165) is 6.92 Å². The minimum atomic E-state index is -1.08. The molecule has 0 aromatic heterocycles. The molecule has 0 atom stereocenters. The van der Waals surface area contributed by atoms with E-state index in [9.17, 15) is 0 Å². The predicted molar refractivity (Wildman–Crippen MR) is 10.7 cm³/mol. The Bertz CT molecular complexity index is 30.6. The van der Waals surface area contributed by atoms with Gasteiger partial charge in [-0.2, -0.15) is 0 Å². The first kappa shape index (κ1) is 9.08. The van der Waals surface area contributed by atoms with Crippen LogP contribution in [0.5, 0.6) is 0 Å². The fourth-order valence-electron chi connectivity index (χ4n) is 0. The molecule has 0 unspecified atom stereocenters. The van der Waals surface area contributed by atoms with Gasteiger partial charge in [-0.25, -0.2) is 0 Å². The first-order chi connectivity index (χ1) is 1.73. The maximum Gasteiger partial charge on any atom is 1.00 e. The number of carbonyl (C=O) groups is 1. The van der Waals surface area contributed by atoms with Gasteiger partial charge in [-0.1, -0.05) is 0 Å². The molecule has 0 rings (SSSR count). The minimum Gasteiger partial charge on any atom is -0.550 e. The quantitative estimate of drug-likeness (QED) is 0.220. The SMILES string of the molecule is [13CH3]C(=O)[O-].[Na+]. The number of rotatable bonds is 0. The second kappa shape index (κ2) is 4.47. The average molecular weight is 83.0 g/mol. The second-order valence-corrected chi connectivity index (χ2v) is 0.492. The molecule has 0 N–H and O–H groups in total. The maximum absolute atomic E-state index is 8.89. The zero-order chi connectivity index (χ0) is 3.58. The van der Waals surface area contributed by atoms with Crippen molar-refractivity contribution in [1.29, 1.82) is 0 Å². The molecule has 0 spiro atoms. The Balaban J connectivity index is 0. The molecule has 3 heteroatoms. The summed E-state index contributed by atoms with van der Waals surface area (Å²) in [5.74, 6) is -1.08. The van der Waals surface area contributed by atoms with Gasteiger partial charge in [0.05, 0.1) is 0 Å². The molecule has 0 saturated carbocycles. The van der Waals surface area contributed by atoms with Crippen LogP contribution >= 0.6 is 0 Å². The number of aliphatic carboxylic acids is 1. The first-order valence-corrected chi connectivity index (χ1v) is 0.908. The van der Waals surface area contributed by atoms with Crippen molar-refractivity contribution >= 4 is 5.97 Å². The number of carboxylic acid groups (broad SMARTS) is 1. The number of hydrogen-bond donors (Lipinski definition) is 0. The van der Waals surface area contributed by atoms with Gasteiger partial charge >= 0.3 is 29.6 Å². The molecule has 5 heavy (non-hydrogen) atoms. The van der Waals surface area contributed by atoms with Crippen molar-refractivity contribution in [2.75, 3.05) is 0 Å². The van der Waals surface area contributed by atoms with Crippen molar-refractivity contribution in [3.8, 4) is 0 Å². The van der Waals surface area contributed by atoms with Gasteiger partial charge in [-0.05, 0) is 6.92 Å². The van der Waals surface area contributed by atoms with E-state index in [-0.39, 0.29) is 29.6 Å². The Kier molecular flexibility index (Phi) is 8.11. The van der Waals surface area contributed by atoms with Crippen LogP contribution in [0.1, 0.15) is 6.92 Å². The fraction of sp³-hybridized carbons (Fsp3) is 0.500. The summed E-state index contributed by atoms with van der Waals surface area (Å²) in [4.78, 5) is 8.89. The summed E-state index contributed by atoms with van der Waals surface area (Å²) in [6.07, 6.45) is 0. The van der Waals surface area contributed by atoms with Crippen molar-refractivity contribution in [2.24, 2.45) is 0 Å². The Morgan fingerprint density at radius 2 is 1.80 bits per heavy atom. The van der Waals surface area contributed by atoms with Crippen LogP contribution in [0.15, 0.2) is 0 Å². The molecule has 0 saturated heterocycles. The van der Waals surface area contributed by atoms with Crippen molar-refractivity contribution < 1.29 is 39.5 Å². The molecule has 0 radical (unpaired) electrons. The van der Waals surface area contributed by atoms with Gasteiger partial charge in [-0.15, -0.1) is 0 Å². The summed E-state index contributed by atoms with van der Waals surface area (Å²) in [5.41, 5.74) is 0. The van der Waals surface area contributed by atoms with Crippen molar-refractivity contribution in [2.45, 2.75) is 6.92 Å². The van der Waals surface area contributed by atoms with Gasteiger partial charge in [0, 0.05) is 5.97 Å². The molecule has 0 amide bonds. The third-order valence-corrected chi connectivity index (χ3v) is 0. The van der Waals surface area contributed by atoms with Crippen LogP contribution in [0, 0.1) is 0 Å². The summed E-state index contributed by atoms with van der Waals surface area (Å²) in [6.45, 7) is 0.972. The zero-order valence-corrected chi connectivity index (χ0v) is 5.32. The average Bonchev–Trinajstić information content (AvgIpc) is 0.811. The topological polar surface area (TPSA) is 40.1 Å². The number of carbonyl (C=O) groups excluding carboxylic acids is 1. The second-order valence-electron chi connectivity index (χ2n) is 0.492. The molecule has 0 fully saturated rings. The van der Waals surface area contributed by atoms with Crippen LogP contribution in [0.2, 0.25) is 0 Å². The van der Waals surface area contributed by atoms with Crippen LogP contribution < -0.4 is 34.7 Å². The van der Waals surface area contributed by atoms with Crippen molar-refractivity contribution in [1.82, 2.24) is 0 Å². The van der Waals surface area contributed by atoms with Gasteiger partial charge < -0.3 is 9.90 Å². The maximum atomic E-state index is 8.89. The van der Waals surface area contributed by atoms with Crippen molar-refractivity contribution in [3.05, 3.63) is 0 Å². The zero-order valence-electron chi connectivity index (χ0n) is 3.32. The summed E-state index contributed by atoms with van der Waals surface area (Å²) >= 11 is 0. The molecule has 0 aromatic rings. The monoisotopic (exact) mass is 83.0 g/mol. The first-order valence-electron chi connectivity index (χ1n) is 0.908. The smallest absolute Gasteiger partial charge is 0.550 e. The third-order valence-electron chi connectivity index (χ3n) is 0. The third kappa shape index (κ3) is 123. The predicted octanol–water partition coefficient (Wildman–Crippen LogP) is -4.24. The van der Waals surface area contributed by atoms with Gasteiger partial charge in [0.1, 0.15) is 0 Å². The summed E-state index contributed by atoms with van der Waals surface area (Å²) in [7, 11) is 0. The Morgan fingerprint density at radius 1 is 1.80 bits per heavy atom. The van der Waals surface area contributed by atoms with Gasteiger partial charge in [0.2, 0.25) is 0 Å². The Hall–Kier alpha value is 0.470. The molecule has 0 aliphatic heterocycles.